The van der Waals surface area contributed by atoms with Crippen LogP contribution in [0, 0.1) is 0 Å². The van der Waals surface area contributed by atoms with E-state index in [2.05, 4.69) is 4.98 Å². The van der Waals surface area contributed by atoms with Crippen molar-refractivity contribution in [3.8, 4) is 0 Å². The lowest BCUT2D eigenvalue weighted by Crippen LogP contribution is -2.13. The first-order valence-corrected chi connectivity index (χ1v) is 7.41. The van der Waals surface area contributed by atoms with Crippen LogP contribution in [0.4, 0.5) is 10.8 Å². The van der Waals surface area contributed by atoms with Crippen molar-refractivity contribution < 1.29 is 9.53 Å². The zero-order valence-electron chi connectivity index (χ0n) is 11.9. The third-order valence-electron chi connectivity index (χ3n) is 3.13. The van der Waals surface area contributed by atoms with Crippen molar-refractivity contribution in [1.82, 2.24) is 4.98 Å². The van der Waals surface area contributed by atoms with Crippen LogP contribution < -0.4 is 4.90 Å². The van der Waals surface area contributed by atoms with E-state index in [1.54, 1.807) is 17.5 Å². The van der Waals surface area contributed by atoms with Crippen LogP contribution in [0.2, 0.25) is 0 Å². The van der Waals surface area contributed by atoms with Gasteiger partial charge in [0.2, 0.25) is 0 Å². The molecule has 0 aliphatic carbocycles. The van der Waals surface area contributed by atoms with Crippen molar-refractivity contribution in [2.75, 3.05) is 18.6 Å². The molecule has 0 radical (unpaired) electrons. The van der Waals surface area contributed by atoms with Gasteiger partial charge in [-0.3, -0.25) is 4.79 Å². The van der Waals surface area contributed by atoms with Gasteiger partial charge in [0.1, 0.15) is 0 Å². The second kappa shape index (κ2) is 6.52. The molecule has 1 aromatic carbocycles. The predicted molar refractivity (Wildman–Crippen MR) is 81.7 cm³/mol. The molecule has 0 N–H and O–H groups in total. The standard InChI is InChI=1S/C15H18N2O2S/c1-4-19-14(18)11(2)12-5-7-13(8-6-12)17(3)15-16-9-10-20-15/h5-11H,4H2,1-3H3. The molecule has 2 rings (SSSR count). The number of ether oxygens (including phenoxy) is 1. The number of hydrogen-bond donors (Lipinski definition) is 0. The molecule has 0 saturated carbocycles. The van der Waals surface area contributed by atoms with Crippen molar-refractivity contribution in [2.45, 2.75) is 19.8 Å². The van der Waals surface area contributed by atoms with Crippen LogP contribution in [-0.4, -0.2) is 24.6 Å². The summed E-state index contributed by atoms with van der Waals surface area (Å²) in [4.78, 5) is 18.0. The lowest BCUT2D eigenvalue weighted by molar-refractivity contribution is -0.144. The van der Waals surface area contributed by atoms with Gasteiger partial charge in [-0.15, -0.1) is 11.3 Å². The first kappa shape index (κ1) is 14.5. The van der Waals surface area contributed by atoms with Gasteiger partial charge in [0.15, 0.2) is 5.13 Å². The van der Waals surface area contributed by atoms with Gasteiger partial charge in [-0.05, 0) is 31.5 Å². The zero-order valence-corrected chi connectivity index (χ0v) is 12.7. The summed E-state index contributed by atoms with van der Waals surface area (Å²) >= 11 is 1.59. The average molecular weight is 290 g/mol. The predicted octanol–water partition coefficient (Wildman–Crippen LogP) is 3.58. The molecule has 2 aromatic rings. The van der Waals surface area contributed by atoms with Crippen LogP contribution in [-0.2, 0) is 9.53 Å². The van der Waals surface area contributed by atoms with Crippen molar-refractivity contribution in [1.29, 1.82) is 0 Å². The zero-order chi connectivity index (χ0) is 14.5. The maximum absolute atomic E-state index is 11.7. The summed E-state index contributed by atoms with van der Waals surface area (Å²) in [6, 6.07) is 7.90. The Morgan fingerprint density at radius 3 is 2.65 bits per heavy atom. The number of anilines is 2. The molecule has 0 spiro atoms. The van der Waals surface area contributed by atoms with Crippen molar-refractivity contribution in [3.05, 3.63) is 41.4 Å². The number of rotatable bonds is 5. The van der Waals surface area contributed by atoms with Gasteiger partial charge < -0.3 is 9.64 Å². The van der Waals surface area contributed by atoms with E-state index in [1.165, 1.54) is 0 Å². The molecule has 20 heavy (non-hydrogen) atoms. The monoisotopic (exact) mass is 290 g/mol. The van der Waals surface area contributed by atoms with E-state index in [4.69, 9.17) is 4.74 Å². The Hall–Kier alpha value is -1.88. The summed E-state index contributed by atoms with van der Waals surface area (Å²) in [5.41, 5.74) is 2.00. The smallest absolute Gasteiger partial charge is 0.313 e. The Labute approximate surface area is 123 Å². The number of benzene rings is 1. The number of carbonyl (C=O) groups excluding carboxylic acids is 1. The van der Waals surface area contributed by atoms with Crippen LogP contribution in [0.15, 0.2) is 35.8 Å². The number of esters is 1. The molecule has 1 aromatic heterocycles. The molecule has 4 nitrogen and oxygen atoms in total. The Kier molecular flexibility index (Phi) is 4.74. The summed E-state index contributed by atoms with van der Waals surface area (Å²) in [7, 11) is 1.97. The Balaban J connectivity index is 2.12. The van der Waals surface area contributed by atoms with Gasteiger partial charge >= 0.3 is 5.97 Å². The molecule has 106 valence electrons. The minimum atomic E-state index is -0.242. The number of thiazole rings is 1. The van der Waals surface area contributed by atoms with Gasteiger partial charge in [-0.1, -0.05) is 12.1 Å². The maximum Gasteiger partial charge on any atom is 0.313 e. The molecule has 5 heteroatoms. The average Bonchev–Trinajstić information content (AvgIpc) is 3.00. The van der Waals surface area contributed by atoms with Crippen molar-refractivity contribution in [2.24, 2.45) is 0 Å². The minimum absolute atomic E-state index is 0.187. The number of aromatic nitrogens is 1. The fourth-order valence-electron chi connectivity index (χ4n) is 1.88. The SMILES string of the molecule is CCOC(=O)C(C)c1ccc(N(C)c2nccs2)cc1. The van der Waals surface area contributed by atoms with Gasteiger partial charge in [0.05, 0.1) is 12.5 Å². The van der Waals surface area contributed by atoms with Gasteiger partial charge in [-0.25, -0.2) is 4.98 Å². The highest BCUT2D eigenvalue weighted by Gasteiger charge is 2.16. The third kappa shape index (κ3) is 3.17. The molecule has 0 bridgehead atoms. The number of hydrogen-bond acceptors (Lipinski definition) is 5. The van der Waals surface area contributed by atoms with E-state index in [9.17, 15) is 4.79 Å². The molecular formula is C15H18N2O2S. The molecular weight excluding hydrogens is 272 g/mol. The van der Waals surface area contributed by atoms with Crippen molar-refractivity contribution in [3.63, 3.8) is 0 Å². The van der Waals surface area contributed by atoms with Gasteiger partial charge in [0.25, 0.3) is 0 Å². The second-order valence-electron chi connectivity index (χ2n) is 4.44. The molecule has 0 aliphatic rings. The second-order valence-corrected chi connectivity index (χ2v) is 5.31. The molecule has 1 heterocycles. The van der Waals surface area contributed by atoms with Crippen LogP contribution in [0.25, 0.3) is 0 Å². The largest absolute Gasteiger partial charge is 0.466 e. The normalized spacial score (nSPS) is 11.9. The fourth-order valence-corrected chi connectivity index (χ4v) is 2.51. The molecule has 0 aliphatic heterocycles. The van der Waals surface area contributed by atoms with E-state index in [0.717, 1.165) is 16.4 Å². The topological polar surface area (TPSA) is 42.4 Å². The summed E-state index contributed by atoms with van der Waals surface area (Å²) in [5.74, 6) is -0.428. The number of carbonyl (C=O) groups is 1. The molecule has 1 atom stereocenters. The van der Waals surface area contributed by atoms with E-state index in [0.29, 0.717) is 6.61 Å². The Bertz CT molecular complexity index is 552. The summed E-state index contributed by atoms with van der Waals surface area (Å²) in [6.45, 7) is 4.09. The third-order valence-corrected chi connectivity index (χ3v) is 3.97. The van der Waals surface area contributed by atoms with Gasteiger partial charge in [0, 0.05) is 24.3 Å². The first-order chi connectivity index (χ1) is 9.63. The highest BCUT2D eigenvalue weighted by atomic mass is 32.1. The van der Waals surface area contributed by atoms with E-state index in [1.807, 2.05) is 55.4 Å². The summed E-state index contributed by atoms with van der Waals surface area (Å²) in [5, 5.41) is 2.89. The fraction of sp³-hybridized carbons (Fsp3) is 0.333. The first-order valence-electron chi connectivity index (χ1n) is 6.53. The lowest BCUT2D eigenvalue weighted by Gasteiger charge is -2.17. The van der Waals surface area contributed by atoms with E-state index in [-0.39, 0.29) is 11.9 Å². The van der Waals surface area contributed by atoms with Crippen LogP contribution in [0.5, 0.6) is 0 Å². The molecule has 1 unspecified atom stereocenters. The van der Waals surface area contributed by atoms with Crippen LogP contribution in [0.3, 0.4) is 0 Å². The van der Waals surface area contributed by atoms with E-state index >= 15 is 0 Å². The Morgan fingerprint density at radius 2 is 2.10 bits per heavy atom. The van der Waals surface area contributed by atoms with E-state index < -0.39 is 0 Å². The lowest BCUT2D eigenvalue weighted by atomic mass is 10.0. The maximum atomic E-state index is 11.7. The highest BCUT2D eigenvalue weighted by molar-refractivity contribution is 7.13. The van der Waals surface area contributed by atoms with Crippen LogP contribution in [0.1, 0.15) is 25.3 Å². The molecule has 0 amide bonds. The van der Waals surface area contributed by atoms with Crippen LogP contribution >= 0.6 is 11.3 Å². The molecule has 0 saturated heterocycles. The quantitative estimate of drug-likeness (QED) is 0.789. The number of nitrogens with zero attached hydrogens (tertiary/aromatic N) is 2. The van der Waals surface area contributed by atoms with Crippen molar-refractivity contribution >= 4 is 28.1 Å². The molecule has 0 fully saturated rings. The highest BCUT2D eigenvalue weighted by Crippen LogP contribution is 2.27. The summed E-state index contributed by atoms with van der Waals surface area (Å²) < 4.78 is 5.04. The Morgan fingerprint density at radius 1 is 1.40 bits per heavy atom. The van der Waals surface area contributed by atoms with Gasteiger partial charge in [-0.2, -0.15) is 0 Å². The minimum Gasteiger partial charge on any atom is -0.466 e. The summed E-state index contributed by atoms with van der Waals surface area (Å²) in [6.07, 6.45) is 1.79.